The zero-order valence-corrected chi connectivity index (χ0v) is 18.8. The molecule has 2 aromatic rings. The zero-order chi connectivity index (χ0) is 21.7. The minimum Gasteiger partial charge on any atom is -0.482 e. The molecule has 3 rings (SSSR count). The fourth-order valence-electron chi connectivity index (χ4n) is 3.48. The number of urea groups is 1. The third-order valence-corrected chi connectivity index (χ3v) is 5.57. The minimum absolute atomic E-state index is 0.0234. The highest BCUT2D eigenvalue weighted by molar-refractivity contribution is 14.1. The first-order chi connectivity index (χ1) is 14.3. The van der Waals surface area contributed by atoms with Gasteiger partial charge >= 0.3 is 6.03 Å². The van der Waals surface area contributed by atoms with Crippen LogP contribution >= 0.6 is 22.6 Å². The Balaban J connectivity index is 1.54. The number of carbonyl (C=O) groups is 2. The molecule has 30 heavy (non-hydrogen) atoms. The quantitative estimate of drug-likeness (QED) is 0.567. The number of carbonyl (C=O) groups excluding carboxylic acids is 2. The molecule has 0 aromatic heterocycles. The number of anilines is 1. The molecule has 1 unspecified atom stereocenters. The van der Waals surface area contributed by atoms with E-state index in [4.69, 9.17) is 10.5 Å². The molecular weight excluding hydrogens is 502 g/mol. The number of piperazine rings is 1. The van der Waals surface area contributed by atoms with Gasteiger partial charge in [-0.2, -0.15) is 0 Å². The highest BCUT2D eigenvalue weighted by Gasteiger charge is 2.27. The lowest BCUT2D eigenvalue weighted by atomic mass is 10.1. The molecule has 7 nitrogen and oxygen atoms in total. The van der Waals surface area contributed by atoms with E-state index in [-0.39, 0.29) is 24.4 Å². The van der Waals surface area contributed by atoms with Crippen LogP contribution < -0.4 is 15.8 Å². The number of halogens is 2. The summed E-state index contributed by atoms with van der Waals surface area (Å²) in [5, 5.41) is 2.51. The summed E-state index contributed by atoms with van der Waals surface area (Å²) in [4.78, 5) is 28.0. The summed E-state index contributed by atoms with van der Waals surface area (Å²) < 4.78 is 19.7. The molecule has 1 aliphatic rings. The molecular formula is C21H24FIN4O3. The third kappa shape index (κ3) is 6.05. The van der Waals surface area contributed by atoms with Crippen molar-refractivity contribution in [2.75, 3.05) is 31.6 Å². The van der Waals surface area contributed by atoms with E-state index in [1.54, 1.807) is 29.2 Å². The number of ether oxygens (including phenoxy) is 1. The second-order valence-electron chi connectivity index (χ2n) is 7.22. The van der Waals surface area contributed by atoms with E-state index in [2.05, 4.69) is 32.8 Å². The Labute approximate surface area is 188 Å². The van der Waals surface area contributed by atoms with Gasteiger partial charge in [0.05, 0.1) is 5.69 Å². The molecule has 1 heterocycles. The van der Waals surface area contributed by atoms with Crippen molar-refractivity contribution in [3.8, 4) is 5.75 Å². The molecule has 2 aromatic carbocycles. The lowest BCUT2D eigenvalue weighted by Gasteiger charge is -2.39. The van der Waals surface area contributed by atoms with Crippen molar-refractivity contribution in [2.24, 2.45) is 5.73 Å². The van der Waals surface area contributed by atoms with Crippen molar-refractivity contribution in [3.63, 3.8) is 0 Å². The minimum atomic E-state index is -0.695. The average molecular weight is 526 g/mol. The first kappa shape index (κ1) is 22.3. The van der Waals surface area contributed by atoms with Crippen molar-refractivity contribution in [3.05, 3.63) is 57.4 Å². The molecule has 3 N–H and O–H groups in total. The van der Waals surface area contributed by atoms with Crippen LogP contribution in [0.25, 0.3) is 0 Å². The van der Waals surface area contributed by atoms with Crippen LogP contribution in [0, 0.1) is 9.39 Å². The van der Waals surface area contributed by atoms with Gasteiger partial charge in [0.15, 0.2) is 6.61 Å². The molecule has 0 aliphatic carbocycles. The number of benzene rings is 2. The summed E-state index contributed by atoms with van der Waals surface area (Å²) in [6.07, 6.45) is 0. The van der Waals surface area contributed by atoms with Crippen LogP contribution in [-0.4, -0.2) is 54.0 Å². The smallest absolute Gasteiger partial charge is 0.316 e. The van der Waals surface area contributed by atoms with E-state index in [1.807, 2.05) is 13.0 Å². The van der Waals surface area contributed by atoms with E-state index in [1.165, 1.54) is 12.1 Å². The molecule has 9 heteroatoms. The van der Waals surface area contributed by atoms with Crippen LogP contribution in [0.4, 0.5) is 14.9 Å². The van der Waals surface area contributed by atoms with Crippen LogP contribution in [0.3, 0.4) is 0 Å². The Kier molecular flexibility index (Phi) is 7.48. The van der Waals surface area contributed by atoms with Gasteiger partial charge in [-0.05, 0) is 65.4 Å². The number of nitrogens with zero attached hydrogens (tertiary/aromatic N) is 2. The van der Waals surface area contributed by atoms with E-state index in [9.17, 15) is 14.0 Å². The lowest BCUT2D eigenvalue weighted by Crippen LogP contribution is -2.54. The van der Waals surface area contributed by atoms with Gasteiger partial charge in [0.2, 0.25) is 0 Å². The Morgan fingerprint density at radius 2 is 1.97 bits per heavy atom. The first-order valence-corrected chi connectivity index (χ1v) is 10.6. The van der Waals surface area contributed by atoms with Crippen LogP contribution in [0.1, 0.15) is 12.5 Å². The number of primary amides is 1. The summed E-state index contributed by atoms with van der Waals surface area (Å²) >= 11 is 2.11. The van der Waals surface area contributed by atoms with Gasteiger partial charge in [-0.25, -0.2) is 9.18 Å². The molecule has 1 atom stereocenters. The van der Waals surface area contributed by atoms with Crippen molar-refractivity contribution < 1.29 is 18.7 Å². The predicted molar refractivity (Wildman–Crippen MR) is 121 cm³/mol. The van der Waals surface area contributed by atoms with E-state index >= 15 is 0 Å². The maximum Gasteiger partial charge on any atom is 0.316 e. The standard InChI is InChI=1S/C21H24FIN4O3/c1-14-11-26(12-15-2-4-16(22)5-3-15)8-9-27(14)20(28)13-30-19-7-6-17(23)10-18(19)25-21(24)29/h2-7,10,14H,8-9,11-13H2,1H3,(H3,24,25,29). The summed E-state index contributed by atoms with van der Waals surface area (Å²) in [6.45, 7) is 4.63. The van der Waals surface area contributed by atoms with E-state index in [0.717, 1.165) is 22.2 Å². The molecule has 0 spiro atoms. The van der Waals surface area contributed by atoms with Gasteiger partial charge < -0.3 is 20.7 Å². The number of nitrogens with two attached hydrogens (primary N) is 1. The Morgan fingerprint density at radius 1 is 1.23 bits per heavy atom. The van der Waals surface area contributed by atoms with Gasteiger partial charge in [0.25, 0.3) is 5.91 Å². The maximum absolute atomic E-state index is 13.1. The van der Waals surface area contributed by atoms with Gasteiger partial charge in [-0.3, -0.25) is 9.69 Å². The third-order valence-electron chi connectivity index (χ3n) is 4.90. The van der Waals surface area contributed by atoms with Crippen molar-refractivity contribution in [1.82, 2.24) is 9.80 Å². The molecule has 1 saturated heterocycles. The van der Waals surface area contributed by atoms with Crippen LogP contribution in [0.2, 0.25) is 0 Å². The van der Waals surface area contributed by atoms with Crippen LogP contribution in [-0.2, 0) is 11.3 Å². The largest absolute Gasteiger partial charge is 0.482 e. The first-order valence-electron chi connectivity index (χ1n) is 9.57. The van der Waals surface area contributed by atoms with Crippen molar-refractivity contribution in [2.45, 2.75) is 19.5 Å². The summed E-state index contributed by atoms with van der Waals surface area (Å²) in [5.41, 5.74) is 6.68. The number of nitrogens with one attached hydrogen (secondary N) is 1. The van der Waals surface area contributed by atoms with Gasteiger partial charge in [0.1, 0.15) is 11.6 Å². The molecule has 0 saturated carbocycles. The number of rotatable bonds is 6. The number of hydrogen-bond acceptors (Lipinski definition) is 4. The van der Waals surface area contributed by atoms with Crippen molar-refractivity contribution in [1.29, 1.82) is 0 Å². The van der Waals surface area contributed by atoms with Crippen molar-refractivity contribution >= 4 is 40.2 Å². The summed E-state index contributed by atoms with van der Waals surface area (Å²) in [7, 11) is 0. The topological polar surface area (TPSA) is 87.9 Å². The predicted octanol–water partition coefficient (Wildman–Crippen LogP) is 3.03. The maximum atomic E-state index is 13.1. The number of amides is 3. The molecule has 3 amide bonds. The Bertz CT molecular complexity index is 910. The molecule has 160 valence electrons. The second kappa shape index (κ2) is 10.1. The molecule has 1 aliphatic heterocycles. The lowest BCUT2D eigenvalue weighted by molar-refractivity contribution is -0.137. The fourth-order valence-corrected chi connectivity index (χ4v) is 3.97. The Hall–Kier alpha value is -2.40. The fraction of sp³-hybridized carbons (Fsp3) is 0.333. The molecule has 0 bridgehead atoms. The summed E-state index contributed by atoms with van der Waals surface area (Å²) in [6, 6.07) is 11.1. The Morgan fingerprint density at radius 3 is 2.63 bits per heavy atom. The van der Waals surface area contributed by atoms with Gasteiger partial charge in [0, 0.05) is 35.8 Å². The normalized spacial score (nSPS) is 16.9. The SMILES string of the molecule is CC1CN(Cc2ccc(F)cc2)CCN1C(=O)COc1ccc(I)cc1NC(N)=O. The summed E-state index contributed by atoms with van der Waals surface area (Å²) in [5.74, 6) is 0.0301. The van der Waals surface area contributed by atoms with Gasteiger partial charge in [-0.1, -0.05) is 12.1 Å². The zero-order valence-electron chi connectivity index (χ0n) is 16.6. The molecule has 1 fully saturated rings. The average Bonchev–Trinajstić information content (AvgIpc) is 2.68. The highest BCUT2D eigenvalue weighted by atomic mass is 127. The van der Waals surface area contributed by atoms with Crippen LogP contribution in [0.5, 0.6) is 5.75 Å². The van der Waals surface area contributed by atoms with Crippen LogP contribution in [0.15, 0.2) is 42.5 Å². The highest BCUT2D eigenvalue weighted by Crippen LogP contribution is 2.26. The molecule has 0 radical (unpaired) electrons. The number of hydrogen-bond donors (Lipinski definition) is 2. The van der Waals surface area contributed by atoms with E-state index < -0.39 is 6.03 Å². The monoisotopic (exact) mass is 526 g/mol. The van der Waals surface area contributed by atoms with E-state index in [0.29, 0.717) is 24.5 Å². The van der Waals surface area contributed by atoms with Gasteiger partial charge in [-0.15, -0.1) is 0 Å². The second-order valence-corrected chi connectivity index (χ2v) is 8.46.